The van der Waals surface area contributed by atoms with Crippen LogP contribution in [0.1, 0.15) is 24.5 Å². The highest BCUT2D eigenvalue weighted by atomic mass is 35.5. The molecule has 1 aromatic carbocycles. The molecule has 2 aromatic rings. The van der Waals surface area contributed by atoms with Gasteiger partial charge >= 0.3 is 5.63 Å². The van der Waals surface area contributed by atoms with E-state index in [-0.39, 0.29) is 0 Å². The van der Waals surface area contributed by atoms with Gasteiger partial charge in [-0.05, 0) is 23.9 Å². The Labute approximate surface area is 104 Å². The van der Waals surface area contributed by atoms with Gasteiger partial charge in [-0.3, -0.25) is 0 Å². The summed E-state index contributed by atoms with van der Waals surface area (Å²) in [5.41, 5.74) is -0.424. The molecule has 0 fully saturated rings. The standard InChI is InChI=1S/C13H13ClO3/c1-2-10(15)12(14)11-7-8-5-3-4-6-9(8)13(16)17-11/h3-7,10,12,15H,2H2,1H3/t10-,12-/m0/s1. The molecule has 0 unspecified atom stereocenters. The molecule has 2 rings (SSSR count). The van der Waals surface area contributed by atoms with Crippen molar-refractivity contribution in [1.82, 2.24) is 0 Å². The minimum absolute atomic E-state index is 0.310. The number of aliphatic hydroxyl groups is 1. The fourth-order valence-corrected chi connectivity index (χ4v) is 1.97. The lowest BCUT2D eigenvalue weighted by atomic mass is 10.1. The summed E-state index contributed by atoms with van der Waals surface area (Å²) < 4.78 is 5.13. The summed E-state index contributed by atoms with van der Waals surface area (Å²) in [6.45, 7) is 1.82. The molecule has 0 aliphatic carbocycles. The first-order valence-electron chi connectivity index (χ1n) is 5.48. The topological polar surface area (TPSA) is 50.4 Å². The smallest absolute Gasteiger partial charge is 0.343 e. The second-order valence-corrected chi connectivity index (χ2v) is 4.37. The number of hydrogen-bond donors (Lipinski definition) is 1. The zero-order chi connectivity index (χ0) is 12.4. The van der Waals surface area contributed by atoms with Crippen LogP contribution in [0.3, 0.4) is 0 Å². The van der Waals surface area contributed by atoms with E-state index in [2.05, 4.69) is 0 Å². The fourth-order valence-electron chi connectivity index (χ4n) is 1.69. The van der Waals surface area contributed by atoms with Crippen molar-refractivity contribution in [3.8, 4) is 0 Å². The lowest BCUT2D eigenvalue weighted by Gasteiger charge is -2.14. The first kappa shape index (κ1) is 12.1. The number of aliphatic hydroxyl groups excluding tert-OH is 1. The molecule has 2 atom stereocenters. The molecule has 3 nitrogen and oxygen atoms in total. The van der Waals surface area contributed by atoms with Gasteiger partial charge in [0, 0.05) is 0 Å². The molecule has 0 amide bonds. The van der Waals surface area contributed by atoms with Crippen molar-refractivity contribution in [3.63, 3.8) is 0 Å². The molecule has 4 heteroatoms. The monoisotopic (exact) mass is 252 g/mol. The molecule has 0 saturated heterocycles. The van der Waals surface area contributed by atoms with E-state index >= 15 is 0 Å². The van der Waals surface area contributed by atoms with Crippen LogP contribution < -0.4 is 5.63 Å². The first-order valence-corrected chi connectivity index (χ1v) is 5.92. The van der Waals surface area contributed by atoms with Gasteiger partial charge in [0.05, 0.1) is 11.5 Å². The van der Waals surface area contributed by atoms with Crippen molar-refractivity contribution < 1.29 is 9.52 Å². The molecule has 0 aliphatic rings. The maximum atomic E-state index is 11.7. The van der Waals surface area contributed by atoms with Crippen LogP contribution in [0, 0.1) is 0 Å². The zero-order valence-corrected chi connectivity index (χ0v) is 10.1. The summed E-state index contributed by atoms with van der Waals surface area (Å²) in [7, 11) is 0. The molecule has 1 aromatic heterocycles. The summed E-state index contributed by atoms with van der Waals surface area (Å²) in [6.07, 6.45) is -0.217. The van der Waals surface area contributed by atoms with Gasteiger partial charge in [-0.1, -0.05) is 25.1 Å². The van der Waals surface area contributed by atoms with Crippen molar-refractivity contribution in [3.05, 3.63) is 46.5 Å². The highest BCUT2D eigenvalue weighted by Gasteiger charge is 2.20. The van der Waals surface area contributed by atoms with E-state index in [0.29, 0.717) is 17.6 Å². The largest absolute Gasteiger partial charge is 0.426 e. The van der Waals surface area contributed by atoms with Gasteiger partial charge in [-0.15, -0.1) is 11.6 Å². The van der Waals surface area contributed by atoms with Crippen molar-refractivity contribution in [2.75, 3.05) is 0 Å². The van der Waals surface area contributed by atoms with Crippen LogP contribution in [0.15, 0.2) is 39.5 Å². The Morgan fingerprint density at radius 2 is 2.12 bits per heavy atom. The Bertz CT molecular complexity index is 576. The highest BCUT2D eigenvalue weighted by Crippen LogP contribution is 2.27. The second kappa shape index (κ2) is 4.90. The Hall–Kier alpha value is -1.32. The number of halogens is 1. The summed E-state index contributed by atoms with van der Waals surface area (Å²) in [4.78, 5) is 11.7. The van der Waals surface area contributed by atoms with Crippen LogP contribution in [-0.4, -0.2) is 11.2 Å². The van der Waals surface area contributed by atoms with E-state index in [0.717, 1.165) is 5.39 Å². The maximum absolute atomic E-state index is 11.7. The number of hydrogen-bond acceptors (Lipinski definition) is 3. The average molecular weight is 253 g/mol. The normalized spacial score (nSPS) is 14.8. The molecule has 0 aliphatic heterocycles. The summed E-state index contributed by atoms with van der Waals surface area (Å²) in [6, 6.07) is 8.83. The van der Waals surface area contributed by atoms with Crippen molar-refractivity contribution in [1.29, 1.82) is 0 Å². The van der Waals surface area contributed by atoms with Crippen molar-refractivity contribution in [2.24, 2.45) is 0 Å². The third kappa shape index (κ3) is 2.35. The number of benzene rings is 1. The van der Waals surface area contributed by atoms with Gasteiger partial charge < -0.3 is 9.52 Å². The van der Waals surface area contributed by atoms with Gasteiger partial charge in [0.25, 0.3) is 0 Å². The van der Waals surface area contributed by atoms with Crippen molar-refractivity contribution >= 4 is 22.4 Å². The second-order valence-electron chi connectivity index (χ2n) is 3.90. The lowest BCUT2D eigenvalue weighted by molar-refractivity contribution is 0.156. The average Bonchev–Trinajstić information content (AvgIpc) is 2.37. The summed E-state index contributed by atoms with van der Waals surface area (Å²) in [5.74, 6) is 0.310. The van der Waals surface area contributed by atoms with Crippen LogP contribution >= 0.6 is 11.6 Å². The van der Waals surface area contributed by atoms with E-state index in [1.807, 2.05) is 19.1 Å². The Morgan fingerprint density at radius 1 is 1.41 bits per heavy atom. The number of rotatable bonds is 3. The van der Waals surface area contributed by atoms with E-state index in [4.69, 9.17) is 16.0 Å². The molecule has 0 saturated carbocycles. The predicted molar refractivity (Wildman–Crippen MR) is 67.4 cm³/mol. The van der Waals surface area contributed by atoms with E-state index < -0.39 is 17.1 Å². The van der Waals surface area contributed by atoms with Gasteiger partial charge in [-0.25, -0.2) is 4.79 Å². The molecule has 90 valence electrons. The molecule has 0 radical (unpaired) electrons. The Morgan fingerprint density at radius 3 is 2.82 bits per heavy atom. The van der Waals surface area contributed by atoms with E-state index in [1.54, 1.807) is 18.2 Å². The molecule has 17 heavy (non-hydrogen) atoms. The number of alkyl halides is 1. The third-order valence-corrected chi connectivity index (χ3v) is 3.22. The highest BCUT2D eigenvalue weighted by molar-refractivity contribution is 6.21. The first-order chi connectivity index (χ1) is 8.13. The van der Waals surface area contributed by atoms with Crippen molar-refractivity contribution in [2.45, 2.75) is 24.8 Å². The van der Waals surface area contributed by atoms with Crippen LogP contribution in [0.25, 0.3) is 10.8 Å². The SMILES string of the molecule is CC[C@H](O)[C@H](Cl)c1cc2ccccc2c(=O)o1. The van der Waals surface area contributed by atoms with Crippen LogP contribution in [0.4, 0.5) is 0 Å². The molecule has 1 N–H and O–H groups in total. The van der Waals surface area contributed by atoms with E-state index in [1.165, 1.54) is 0 Å². The lowest BCUT2D eigenvalue weighted by Crippen LogP contribution is -2.14. The minimum atomic E-state index is -0.721. The van der Waals surface area contributed by atoms with Gasteiger partial charge in [-0.2, -0.15) is 0 Å². The quantitative estimate of drug-likeness (QED) is 0.855. The number of fused-ring (bicyclic) bond motifs is 1. The molecule has 0 spiro atoms. The molecule has 0 bridgehead atoms. The van der Waals surface area contributed by atoms with Crippen LogP contribution in [0.5, 0.6) is 0 Å². The predicted octanol–water partition coefficient (Wildman–Crippen LogP) is 2.84. The zero-order valence-electron chi connectivity index (χ0n) is 9.39. The summed E-state index contributed by atoms with van der Waals surface area (Å²) >= 11 is 6.05. The summed E-state index contributed by atoms with van der Waals surface area (Å²) in [5, 5.41) is 10.2. The minimum Gasteiger partial charge on any atom is -0.426 e. The van der Waals surface area contributed by atoms with Crippen LogP contribution in [0.2, 0.25) is 0 Å². The Balaban J connectivity index is 2.54. The Kier molecular flexibility index (Phi) is 3.50. The molecular formula is C13H13ClO3. The van der Waals surface area contributed by atoms with Gasteiger partial charge in [0.2, 0.25) is 0 Å². The van der Waals surface area contributed by atoms with Gasteiger partial charge in [0.1, 0.15) is 11.1 Å². The van der Waals surface area contributed by atoms with Gasteiger partial charge in [0.15, 0.2) is 0 Å². The van der Waals surface area contributed by atoms with E-state index in [9.17, 15) is 9.90 Å². The third-order valence-electron chi connectivity index (χ3n) is 2.72. The molecule has 1 heterocycles. The van der Waals surface area contributed by atoms with Crippen LogP contribution in [-0.2, 0) is 0 Å². The maximum Gasteiger partial charge on any atom is 0.343 e. The molecular weight excluding hydrogens is 240 g/mol. The fraction of sp³-hybridized carbons (Fsp3) is 0.308.